The Morgan fingerprint density at radius 1 is 1.05 bits per heavy atom. The minimum absolute atomic E-state index is 0.00447. The van der Waals surface area contributed by atoms with Crippen molar-refractivity contribution in [2.24, 2.45) is 0 Å². The number of ketones is 1. The second-order valence-corrected chi connectivity index (χ2v) is 4.52. The second kappa shape index (κ2) is 5.13. The topological polar surface area (TPSA) is 39.2 Å². The van der Waals surface area contributed by atoms with Crippen molar-refractivity contribution in [3.63, 3.8) is 0 Å². The average Bonchev–Trinajstić information content (AvgIpc) is 2.48. The normalized spacial score (nSPS) is 10.4. The van der Waals surface area contributed by atoms with E-state index in [2.05, 4.69) is 4.98 Å². The fourth-order valence-corrected chi connectivity index (χ4v) is 2.08. The van der Waals surface area contributed by atoms with Gasteiger partial charge in [-0.3, -0.25) is 4.79 Å². The van der Waals surface area contributed by atoms with E-state index in [-0.39, 0.29) is 5.78 Å². The predicted octanol–water partition coefficient (Wildman–Crippen LogP) is 4.23. The van der Waals surface area contributed by atoms with Gasteiger partial charge in [-0.25, -0.2) is 4.98 Å². The number of nitrogens with zero attached hydrogens (tertiary/aromatic N) is 1. The van der Waals surface area contributed by atoms with E-state index in [1.54, 1.807) is 18.3 Å². The molecule has 0 saturated carbocycles. The Morgan fingerprint density at radius 3 is 2.70 bits per heavy atom. The van der Waals surface area contributed by atoms with Crippen LogP contribution < -0.4 is 4.74 Å². The third-order valence-corrected chi connectivity index (χ3v) is 3.11. The molecule has 0 bridgehead atoms. The zero-order chi connectivity index (χ0) is 13.9. The molecule has 0 atom stereocenters. The Hall–Kier alpha value is -2.68. The molecule has 3 rings (SSSR count). The van der Waals surface area contributed by atoms with Crippen molar-refractivity contribution in [2.45, 2.75) is 6.92 Å². The summed E-state index contributed by atoms with van der Waals surface area (Å²) in [5.74, 6) is 1.15. The number of rotatable bonds is 3. The molecule has 0 saturated heterocycles. The molecule has 0 aliphatic rings. The van der Waals surface area contributed by atoms with E-state index in [1.165, 1.54) is 6.92 Å². The van der Waals surface area contributed by atoms with Gasteiger partial charge in [0.2, 0.25) is 5.88 Å². The van der Waals surface area contributed by atoms with Crippen molar-refractivity contribution in [1.29, 1.82) is 0 Å². The molecule has 0 fully saturated rings. The van der Waals surface area contributed by atoms with Crippen LogP contribution in [0.4, 0.5) is 0 Å². The largest absolute Gasteiger partial charge is 0.438 e. The van der Waals surface area contributed by atoms with Gasteiger partial charge in [0, 0.05) is 23.2 Å². The third kappa shape index (κ3) is 2.38. The first-order chi connectivity index (χ1) is 9.74. The molecular formula is C17H13NO2. The number of fused-ring (bicyclic) bond motifs is 1. The van der Waals surface area contributed by atoms with E-state index >= 15 is 0 Å². The molecule has 98 valence electrons. The molecule has 0 radical (unpaired) electrons. The highest BCUT2D eigenvalue weighted by Crippen LogP contribution is 2.29. The number of pyridine rings is 1. The summed E-state index contributed by atoms with van der Waals surface area (Å²) in [6, 6.07) is 17.2. The molecule has 3 aromatic rings. The van der Waals surface area contributed by atoms with Crippen molar-refractivity contribution < 1.29 is 9.53 Å². The summed E-state index contributed by atoms with van der Waals surface area (Å²) in [4.78, 5) is 15.5. The van der Waals surface area contributed by atoms with Crippen LogP contribution in [0.25, 0.3) is 10.8 Å². The van der Waals surface area contributed by atoms with Crippen molar-refractivity contribution in [2.75, 3.05) is 0 Å². The summed E-state index contributed by atoms with van der Waals surface area (Å²) in [7, 11) is 0. The lowest BCUT2D eigenvalue weighted by Gasteiger charge is -2.08. The molecule has 3 nitrogen and oxygen atoms in total. The molecule has 0 N–H and O–H groups in total. The third-order valence-electron chi connectivity index (χ3n) is 3.11. The van der Waals surface area contributed by atoms with Crippen molar-refractivity contribution in [3.05, 3.63) is 66.4 Å². The van der Waals surface area contributed by atoms with Gasteiger partial charge in [0.1, 0.15) is 5.75 Å². The lowest BCUT2D eigenvalue weighted by atomic mass is 10.1. The minimum Gasteiger partial charge on any atom is -0.438 e. The van der Waals surface area contributed by atoms with Crippen LogP contribution in [0.3, 0.4) is 0 Å². The first-order valence-corrected chi connectivity index (χ1v) is 6.36. The van der Waals surface area contributed by atoms with Crippen molar-refractivity contribution >= 4 is 16.6 Å². The van der Waals surface area contributed by atoms with Crippen LogP contribution in [0.2, 0.25) is 0 Å². The molecule has 20 heavy (non-hydrogen) atoms. The average molecular weight is 263 g/mol. The van der Waals surface area contributed by atoms with Crippen LogP contribution in [0.1, 0.15) is 17.3 Å². The van der Waals surface area contributed by atoms with E-state index in [0.29, 0.717) is 11.4 Å². The van der Waals surface area contributed by atoms with Gasteiger partial charge in [-0.1, -0.05) is 36.4 Å². The number of hydrogen-bond acceptors (Lipinski definition) is 3. The van der Waals surface area contributed by atoms with Crippen LogP contribution in [-0.2, 0) is 0 Å². The Morgan fingerprint density at radius 2 is 1.85 bits per heavy atom. The van der Waals surface area contributed by atoms with Crippen LogP contribution in [0, 0.1) is 0 Å². The lowest BCUT2D eigenvalue weighted by Crippen LogP contribution is -1.95. The molecule has 0 aliphatic heterocycles. The van der Waals surface area contributed by atoms with Gasteiger partial charge in [0.25, 0.3) is 0 Å². The molecular weight excluding hydrogens is 250 g/mol. The summed E-state index contributed by atoms with van der Waals surface area (Å²) in [5.41, 5.74) is 0.593. The number of benzene rings is 2. The number of carbonyl (C=O) groups excluding carboxylic acids is 1. The molecule has 0 spiro atoms. The van der Waals surface area contributed by atoms with Gasteiger partial charge >= 0.3 is 0 Å². The van der Waals surface area contributed by atoms with E-state index in [0.717, 1.165) is 16.5 Å². The van der Waals surface area contributed by atoms with Gasteiger partial charge in [-0.2, -0.15) is 0 Å². The van der Waals surface area contributed by atoms with Gasteiger partial charge in [0.05, 0.1) is 0 Å². The highest BCUT2D eigenvalue weighted by Gasteiger charge is 2.06. The van der Waals surface area contributed by atoms with E-state index in [4.69, 9.17) is 4.74 Å². The van der Waals surface area contributed by atoms with Gasteiger partial charge in [-0.15, -0.1) is 0 Å². The molecule has 1 heterocycles. The Balaban J connectivity index is 2.01. The Bertz CT molecular complexity index is 775. The first-order valence-electron chi connectivity index (χ1n) is 6.36. The molecule has 0 amide bonds. The van der Waals surface area contributed by atoms with Crippen molar-refractivity contribution in [1.82, 2.24) is 4.98 Å². The lowest BCUT2D eigenvalue weighted by molar-refractivity contribution is 0.101. The van der Waals surface area contributed by atoms with Crippen LogP contribution in [-0.4, -0.2) is 10.8 Å². The van der Waals surface area contributed by atoms with Crippen molar-refractivity contribution in [3.8, 4) is 11.6 Å². The fraction of sp³-hybridized carbons (Fsp3) is 0.0588. The molecule has 0 unspecified atom stereocenters. The maximum absolute atomic E-state index is 11.4. The summed E-state index contributed by atoms with van der Waals surface area (Å²) in [6.45, 7) is 1.52. The number of Topliss-reactive ketones (excluding diaryl/α,β-unsaturated/α-hetero) is 1. The summed E-state index contributed by atoms with van der Waals surface area (Å²) >= 11 is 0. The van der Waals surface area contributed by atoms with Crippen LogP contribution in [0.15, 0.2) is 60.8 Å². The maximum Gasteiger partial charge on any atom is 0.219 e. The number of hydrogen-bond donors (Lipinski definition) is 0. The van der Waals surface area contributed by atoms with E-state index in [9.17, 15) is 4.79 Å². The smallest absolute Gasteiger partial charge is 0.219 e. The van der Waals surface area contributed by atoms with Gasteiger partial charge in [0.15, 0.2) is 5.78 Å². The van der Waals surface area contributed by atoms with Gasteiger partial charge < -0.3 is 4.74 Å². The molecule has 2 aromatic carbocycles. The number of aromatic nitrogens is 1. The zero-order valence-corrected chi connectivity index (χ0v) is 11.0. The molecule has 0 aliphatic carbocycles. The highest BCUT2D eigenvalue weighted by molar-refractivity contribution is 5.94. The zero-order valence-electron chi connectivity index (χ0n) is 11.0. The predicted molar refractivity (Wildman–Crippen MR) is 78.3 cm³/mol. The monoisotopic (exact) mass is 263 g/mol. The SMILES string of the molecule is CC(=O)c1ccnc(Oc2cccc3ccccc23)c1. The minimum atomic E-state index is -0.00447. The Kier molecular flexibility index (Phi) is 3.17. The highest BCUT2D eigenvalue weighted by atomic mass is 16.5. The summed E-state index contributed by atoms with van der Waals surface area (Å²) in [6.07, 6.45) is 1.58. The quantitative estimate of drug-likeness (QED) is 0.664. The molecule has 3 heteroatoms. The number of carbonyl (C=O) groups is 1. The Labute approximate surface area is 116 Å². The first kappa shape index (κ1) is 12.4. The summed E-state index contributed by atoms with van der Waals surface area (Å²) in [5, 5.41) is 2.12. The van der Waals surface area contributed by atoms with E-state index in [1.807, 2.05) is 42.5 Å². The summed E-state index contributed by atoms with van der Waals surface area (Å²) < 4.78 is 5.82. The fourth-order valence-electron chi connectivity index (χ4n) is 2.08. The van der Waals surface area contributed by atoms with Crippen LogP contribution in [0.5, 0.6) is 11.6 Å². The number of ether oxygens (including phenoxy) is 1. The second-order valence-electron chi connectivity index (χ2n) is 4.52. The maximum atomic E-state index is 11.4. The standard InChI is InChI=1S/C17H13NO2/c1-12(19)14-9-10-18-17(11-14)20-16-8-4-6-13-5-2-3-7-15(13)16/h2-11H,1H3. The molecule has 1 aromatic heterocycles. The van der Waals surface area contributed by atoms with E-state index < -0.39 is 0 Å². The van der Waals surface area contributed by atoms with Gasteiger partial charge in [-0.05, 0) is 24.4 Å². The van der Waals surface area contributed by atoms with Crippen LogP contribution >= 0.6 is 0 Å².